The Hall–Kier alpha value is -4.12. The van der Waals surface area contributed by atoms with Gasteiger partial charge in [0, 0.05) is 44.7 Å². The van der Waals surface area contributed by atoms with Crippen LogP contribution in [0.15, 0.2) is 36.4 Å². The van der Waals surface area contributed by atoms with Crippen molar-refractivity contribution >= 4 is 29.5 Å². The highest BCUT2D eigenvalue weighted by molar-refractivity contribution is 5.98. The number of benzene rings is 2. The Balaban J connectivity index is 1.65. The number of nitrogens with two attached hydrogens (primary N) is 1. The van der Waals surface area contributed by atoms with Gasteiger partial charge in [-0.05, 0) is 36.4 Å². The van der Waals surface area contributed by atoms with Crippen LogP contribution in [0.25, 0.3) is 0 Å². The van der Waals surface area contributed by atoms with E-state index in [4.69, 9.17) is 20.3 Å². The number of aliphatic hydroxyl groups excluding tert-OH is 1. The molecule has 2 fully saturated rings. The van der Waals surface area contributed by atoms with Gasteiger partial charge in [-0.1, -0.05) is 0 Å². The number of aliphatic hydroxyl groups is 1. The Bertz CT molecular complexity index is 1380. The summed E-state index contributed by atoms with van der Waals surface area (Å²) in [5.41, 5.74) is 0.769. The molecule has 1 saturated carbocycles. The van der Waals surface area contributed by atoms with E-state index in [0.717, 1.165) is 31.3 Å². The van der Waals surface area contributed by atoms with Gasteiger partial charge in [-0.25, -0.2) is 14.0 Å². The van der Waals surface area contributed by atoms with E-state index >= 15 is 0 Å². The lowest BCUT2D eigenvalue weighted by Crippen LogP contribution is -2.51. The van der Waals surface area contributed by atoms with Crippen LogP contribution in [0.1, 0.15) is 24.0 Å². The van der Waals surface area contributed by atoms with Crippen LogP contribution in [0.3, 0.4) is 0 Å². The molecule has 1 aliphatic carbocycles. The third kappa shape index (κ3) is 6.77. The number of hydrogen-bond acceptors (Lipinski definition) is 7. The van der Waals surface area contributed by atoms with Crippen molar-refractivity contribution in [3.63, 3.8) is 0 Å². The number of alkyl halides is 6. The van der Waals surface area contributed by atoms with Crippen molar-refractivity contribution in [2.75, 3.05) is 36.5 Å². The molecule has 1 unspecified atom stereocenters. The van der Waals surface area contributed by atoms with Gasteiger partial charge in [-0.3, -0.25) is 14.6 Å². The van der Waals surface area contributed by atoms with E-state index in [0.29, 0.717) is 15.9 Å². The first-order chi connectivity index (χ1) is 20.0. The van der Waals surface area contributed by atoms with E-state index in [1.54, 1.807) is 0 Å². The fourth-order valence-electron chi connectivity index (χ4n) is 4.55. The van der Waals surface area contributed by atoms with Gasteiger partial charge < -0.3 is 25.2 Å². The molecule has 1 saturated heterocycles. The average Bonchev–Trinajstić information content (AvgIpc) is 3.28. The Kier molecular flexibility index (Phi) is 8.78. The molecule has 4 rings (SSSR count). The minimum Gasteiger partial charge on any atom is -0.461 e. The summed E-state index contributed by atoms with van der Waals surface area (Å²) in [7, 11) is 1.09. The maximum absolute atomic E-state index is 14.1. The zero-order valence-corrected chi connectivity index (χ0v) is 22.3. The molecule has 2 aromatic carbocycles. The quantitative estimate of drug-likeness (QED) is 0.352. The van der Waals surface area contributed by atoms with Crippen LogP contribution in [0, 0.1) is 5.82 Å². The van der Waals surface area contributed by atoms with Crippen molar-refractivity contribution in [2.45, 2.75) is 43.4 Å². The standard InChI is InChI=1S/C26H25F7N4O6/c1-35(15-4-2-14(27)3-5-15)24(41)43-21-18(26(31,32)33)8-13(25(28,29)30)9-20(21)37-7-6-36(23(37)40)16-10-17(11-16)42-22(39)19(34)12-38/h2-5,8-9,16-17,19,38H,6-7,10-12,34H2,1H3. The lowest BCUT2D eigenvalue weighted by Gasteiger charge is -2.40. The summed E-state index contributed by atoms with van der Waals surface area (Å²) in [6, 6.07) is 1.46. The average molecular weight is 622 g/mol. The van der Waals surface area contributed by atoms with E-state index in [1.165, 1.54) is 4.90 Å². The monoisotopic (exact) mass is 622 g/mol. The van der Waals surface area contributed by atoms with E-state index in [9.17, 15) is 45.1 Å². The van der Waals surface area contributed by atoms with Crippen molar-refractivity contribution in [1.82, 2.24) is 4.90 Å². The number of hydrogen-bond donors (Lipinski definition) is 2. The molecular formula is C26H25F7N4O6. The number of nitrogens with zero attached hydrogens (tertiary/aromatic N) is 3. The summed E-state index contributed by atoms with van der Waals surface area (Å²) in [5.74, 6) is -2.87. The van der Waals surface area contributed by atoms with Crippen LogP contribution in [-0.2, 0) is 21.9 Å². The number of ether oxygens (including phenoxy) is 2. The van der Waals surface area contributed by atoms with Crippen LogP contribution in [0.4, 0.5) is 51.7 Å². The second-order valence-corrected chi connectivity index (χ2v) is 9.87. The van der Waals surface area contributed by atoms with E-state index in [1.807, 2.05) is 0 Å². The molecule has 0 spiro atoms. The Labute approximate surface area is 239 Å². The number of carbonyl (C=O) groups is 3. The minimum absolute atomic E-state index is 0.00275. The van der Waals surface area contributed by atoms with Gasteiger partial charge in [0.05, 0.1) is 17.9 Å². The lowest BCUT2D eigenvalue weighted by molar-refractivity contribution is -0.158. The van der Waals surface area contributed by atoms with Gasteiger partial charge in [0.15, 0.2) is 5.75 Å². The number of carbonyl (C=O) groups excluding carboxylic acids is 3. The van der Waals surface area contributed by atoms with Crippen molar-refractivity contribution in [1.29, 1.82) is 0 Å². The van der Waals surface area contributed by atoms with Gasteiger partial charge in [0.25, 0.3) is 0 Å². The van der Waals surface area contributed by atoms with Crippen molar-refractivity contribution < 1.29 is 59.7 Å². The molecule has 2 aliphatic rings. The highest BCUT2D eigenvalue weighted by Gasteiger charge is 2.47. The normalized spacial score (nSPS) is 19.6. The second-order valence-electron chi connectivity index (χ2n) is 9.87. The summed E-state index contributed by atoms with van der Waals surface area (Å²) >= 11 is 0. The molecule has 234 valence electrons. The fourth-order valence-corrected chi connectivity index (χ4v) is 4.55. The van der Waals surface area contributed by atoms with E-state index in [-0.39, 0.29) is 37.7 Å². The smallest absolute Gasteiger partial charge is 0.420 e. The van der Waals surface area contributed by atoms with Crippen molar-refractivity contribution in [2.24, 2.45) is 5.73 Å². The molecule has 3 N–H and O–H groups in total. The zero-order valence-electron chi connectivity index (χ0n) is 22.3. The predicted molar refractivity (Wildman–Crippen MR) is 135 cm³/mol. The fraction of sp³-hybridized carbons (Fsp3) is 0.423. The molecule has 3 amide bonds. The SMILES string of the molecule is CN(C(=O)Oc1c(N2CCN(C3CC(OC(=O)C(N)CO)C3)C2=O)cc(C(F)(F)F)cc1C(F)(F)F)c1ccc(F)cc1. The Morgan fingerprint density at radius 1 is 1.07 bits per heavy atom. The van der Waals surface area contributed by atoms with Crippen LogP contribution in [0.2, 0.25) is 0 Å². The summed E-state index contributed by atoms with van der Waals surface area (Å²) in [6.07, 6.45) is -12.6. The second kappa shape index (κ2) is 11.9. The molecule has 2 aromatic rings. The van der Waals surface area contributed by atoms with Gasteiger partial charge in [0.1, 0.15) is 23.5 Å². The van der Waals surface area contributed by atoms with Crippen LogP contribution < -0.4 is 20.3 Å². The zero-order chi connectivity index (χ0) is 31.9. The number of anilines is 2. The molecule has 0 bridgehead atoms. The highest BCUT2D eigenvalue weighted by Crippen LogP contribution is 2.47. The molecule has 1 aliphatic heterocycles. The van der Waals surface area contributed by atoms with Gasteiger partial charge in [0.2, 0.25) is 0 Å². The molecule has 10 nitrogen and oxygen atoms in total. The number of urea groups is 1. The highest BCUT2D eigenvalue weighted by atomic mass is 19.4. The topological polar surface area (TPSA) is 126 Å². The van der Waals surface area contributed by atoms with Crippen LogP contribution in [0.5, 0.6) is 5.75 Å². The molecule has 0 aromatic heterocycles. The van der Waals surface area contributed by atoms with Crippen LogP contribution >= 0.6 is 0 Å². The maximum Gasteiger partial charge on any atom is 0.420 e. The third-order valence-corrected chi connectivity index (χ3v) is 7.00. The number of esters is 1. The third-order valence-electron chi connectivity index (χ3n) is 7.00. The molecule has 43 heavy (non-hydrogen) atoms. The molecule has 0 radical (unpaired) electrons. The maximum atomic E-state index is 14.1. The van der Waals surface area contributed by atoms with Crippen molar-refractivity contribution in [3.8, 4) is 5.75 Å². The number of rotatable bonds is 7. The molecule has 17 heteroatoms. The lowest BCUT2D eigenvalue weighted by atomic mass is 9.88. The molecule has 1 atom stereocenters. The first-order valence-corrected chi connectivity index (χ1v) is 12.7. The molecular weight excluding hydrogens is 597 g/mol. The summed E-state index contributed by atoms with van der Waals surface area (Å²) < 4.78 is 107. The minimum atomic E-state index is -5.44. The molecule has 1 heterocycles. The van der Waals surface area contributed by atoms with Crippen LogP contribution in [-0.4, -0.2) is 73.0 Å². The predicted octanol–water partition coefficient (Wildman–Crippen LogP) is 4.13. The van der Waals surface area contributed by atoms with E-state index < -0.39 is 83.6 Å². The Morgan fingerprint density at radius 2 is 1.70 bits per heavy atom. The summed E-state index contributed by atoms with van der Waals surface area (Å²) in [5, 5.41) is 8.95. The first kappa shape index (κ1) is 31.8. The van der Waals surface area contributed by atoms with Gasteiger partial charge in [-0.2, -0.15) is 26.3 Å². The van der Waals surface area contributed by atoms with Gasteiger partial charge in [-0.15, -0.1) is 0 Å². The largest absolute Gasteiger partial charge is 0.461 e. The van der Waals surface area contributed by atoms with E-state index in [2.05, 4.69) is 0 Å². The Morgan fingerprint density at radius 3 is 2.26 bits per heavy atom. The number of halogens is 7. The number of amides is 3. The summed E-state index contributed by atoms with van der Waals surface area (Å²) in [4.78, 5) is 40.5. The van der Waals surface area contributed by atoms with Gasteiger partial charge >= 0.3 is 30.4 Å². The first-order valence-electron chi connectivity index (χ1n) is 12.7. The summed E-state index contributed by atoms with van der Waals surface area (Å²) in [6.45, 7) is -1.12. The van der Waals surface area contributed by atoms with Crippen molar-refractivity contribution in [3.05, 3.63) is 53.3 Å².